The van der Waals surface area contributed by atoms with Crippen LogP contribution in [-0.2, 0) is 42.4 Å². The lowest BCUT2D eigenvalue weighted by atomic mass is 9.95. The van der Waals surface area contributed by atoms with Crippen molar-refractivity contribution in [3.63, 3.8) is 0 Å². The number of aliphatic hydroxyl groups excluding tert-OH is 6. The topological polar surface area (TPSA) is 340 Å². The van der Waals surface area contributed by atoms with Crippen molar-refractivity contribution in [3.8, 4) is 0 Å². The van der Waals surface area contributed by atoms with E-state index in [-0.39, 0.29) is 25.4 Å². The molecule has 2 heterocycles. The number of ether oxygens (including phenoxy) is 4. The predicted octanol–water partition coefficient (Wildman–Crippen LogP) is 7.31. The van der Waals surface area contributed by atoms with Gasteiger partial charge in [0.2, 0.25) is 11.8 Å². The Labute approximate surface area is 449 Å². The summed E-state index contributed by atoms with van der Waals surface area (Å²) in [5, 5.41) is 70.1. The normalized spacial score (nSPS) is 25.4. The van der Waals surface area contributed by atoms with Crippen molar-refractivity contribution in [2.75, 3.05) is 13.2 Å². The number of amides is 2. The molecule has 13 atom stereocenters. The molecule has 0 bridgehead atoms. The number of aliphatic hydroxyl groups is 6. The van der Waals surface area contributed by atoms with E-state index in [0.29, 0.717) is 25.7 Å². The third kappa shape index (κ3) is 32.1. The minimum atomic E-state index is -5.56. The zero-order chi connectivity index (χ0) is 54.6. The first-order valence-electron chi connectivity index (χ1n) is 29.0. The van der Waals surface area contributed by atoms with Gasteiger partial charge in [-0.15, -0.1) is 0 Å². The number of unbranched alkanes of at least 4 members (excludes halogenated alkanes) is 26. The second kappa shape index (κ2) is 43.0. The largest absolute Gasteiger partial charge is 0.756 e. The molecule has 0 radical (unpaired) electrons. The summed E-state index contributed by atoms with van der Waals surface area (Å²) >= 11 is 0. The first-order valence-corrected chi connectivity index (χ1v) is 30.5. The molecule has 0 saturated carbocycles. The SMILES string of the molecule is CCCCCCCCCCCCCC(=O)O[C@H](CCCCCCCCCCC)CC(=O)N[C@H]1[C@H](OC[C@H]2O[C@H](O)[C@H](NC(=O)C[C@H](O)CCCCCCCCCCC)[C@@H](O)[C@@H]2O)O[C@H](CO)[C@@H](OP(=O)([O-])O)[C@@H]1O.[NH4+]. The fourth-order valence-corrected chi connectivity index (χ4v) is 10.4. The maximum Gasteiger partial charge on any atom is 0.306 e. The van der Waals surface area contributed by atoms with Crippen LogP contribution in [0.1, 0.15) is 239 Å². The molecule has 0 aromatic heterocycles. The zero-order valence-electron chi connectivity index (χ0n) is 46.5. The van der Waals surface area contributed by atoms with Gasteiger partial charge in [-0.1, -0.05) is 194 Å². The monoisotopic (exact) mass is 1100 g/mol. The second-order valence-corrected chi connectivity index (χ2v) is 22.2. The number of esters is 1. The van der Waals surface area contributed by atoms with Crippen LogP contribution < -0.4 is 21.7 Å². The van der Waals surface area contributed by atoms with Gasteiger partial charge in [0.05, 0.1) is 32.2 Å². The molecule has 444 valence electrons. The molecule has 13 N–H and O–H groups in total. The minimum absolute atomic E-state index is 0. The van der Waals surface area contributed by atoms with Crippen LogP contribution in [0.5, 0.6) is 0 Å². The Balaban J connectivity index is 0.0000281. The lowest BCUT2D eigenvalue weighted by Gasteiger charge is -2.46. The van der Waals surface area contributed by atoms with Gasteiger partial charge in [-0.05, 0) is 25.7 Å². The molecular weight excluding hydrogens is 994 g/mol. The van der Waals surface area contributed by atoms with Crippen LogP contribution >= 0.6 is 7.82 Å². The van der Waals surface area contributed by atoms with Crippen LogP contribution in [0, 0.1) is 0 Å². The van der Waals surface area contributed by atoms with Crippen molar-refractivity contribution in [1.82, 2.24) is 16.8 Å². The minimum Gasteiger partial charge on any atom is -0.756 e. The van der Waals surface area contributed by atoms with Gasteiger partial charge in [0, 0.05) is 6.42 Å². The molecule has 1 unspecified atom stereocenters. The Bertz CT molecular complexity index is 1500. The van der Waals surface area contributed by atoms with E-state index in [2.05, 4.69) is 31.4 Å². The summed E-state index contributed by atoms with van der Waals surface area (Å²) in [4.78, 5) is 61.3. The fourth-order valence-electron chi connectivity index (χ4n) is 9.84. The number of carbonyl (C=O) groups is 3. The molecule has 75 heavy (non-hydrogen) atoms. The number of carbonyl (C=O) groups excluding carboxylic acids is 3. The van der Waals surface area contributed by atoms with Gasteiger partial charge in [0.15, 0.2) is 12.6 Å². The average Bonchev–Trinajstić information content (AvgIpc) is 3.35. The van der Waals surface area contributed by atoms with E-state index >= 15 is 0 Å². The number of phosphoric ester groups is 1. The zero-order valence-corrected chi connectivity index (χ0v) is 47.4. The maximum absolute atomic E-state index is 13.9. The molecule has 2 aliphatic heterocycles. The summed E-state index contributed by atoms with van der Waals surface area (Å²) < 4.78 is 39.6. The number of hydrogen-bond donors (Lipinski definition) is 10. The van der Waals surface area contributed by atoms with Crippen molar-refractivity contribution in [2.45, 2.75) is 313 Å². The number of quaternary nitrogens is 1. The Kier molecular flexibility index (Phi) is 40.8. The molecule has 21 heteroatoms. The van der Waals surface area contributed by atoms with Gasteiger partial charge in [0.1, 0.15) is 54.8 Å². The summed E-state index contributed by atoms with van der Waals surface area (Å²) in [6.45, 7) is 4.93. The first-order chi connectivity index (χ1) is 35.5. The van der Waals surface area contributed by atoms with E-state index in [9.17, 15) is 59.4 Å². The van der Waals surface area contributed by atoms with Crippen molar-refractivity contribution in [3.05, 3.63) is 0 Å². The van der Waals surface area contributed by atoms with E-state index < -0.39 is 112 Å². The molecule has 2 rings (SSSR count). The van der Waals surface area contributed by atoms with Crippen LogP contribution in [0.2, 0.25) is 0 Å². The van der Waals surface area contributed by atoms with E-state index in [4.69, 9.17) is 23.5 Å². The molecule has 2 fully saturated rings. The van der Waals surface area contributed by atoms with E-state index in [0.717, 1.165) is 70.6 Å². The number of hydrogen-bond acceptors (Lipinski definition) is 16. The van der Waals surface area contributed by atoms with E-state index in [1.54, 1.807) is 0 Å². The second-order valence-electron chi connectivity index (χ2n) is 21.0. The predicted molar refractivity (Wildman–Crippen MR) is 285 cm³/mol. The van der Waals surface area contributed by atoms with E-state index in [1.807, 2.05) is 0 Å². The summed E-state index contributed by atoms with van der Waals surface area (Å²) in [6, 6.07) is -3.16. The van der Waals surface area contributed by atoms with Gasteiger partial charge in [-0.25, -0.2) is 0 Å². The average molecular weight is 1100 g/mol. The van der Waals surface area contributed by atoms with Crippen LogP contribution in [0.4, 0.5) is 0 Å². The highest BCUT2D eigenvalue weighted by Crippen LogP contribution is 2.38. The van der Waals surface area contributed by atoms with Gasteiger partial charge >= 0.3 is 5.97 Å². The third-order valence-corrected chi connectivity index (χ3v) is 14.8. The number of rotatable bonds is 45. The molecule has 2 saturated heterocycles. The molecule has 0 aliphatic carbocycles. The molecule has 0 aromatic carbocycles. The Morgan fingerprint density at radius 3 is 1.51 bits per heavy atom. The number of phosphoric acid groups is 1. The van der Waals surface area contributed by atoms with Gasteiger partial charge in [-0.3, -0.25) is 18.9 Å². The molecule has 2 amide bonds. The van der Waals surface area contributed by atoms with Crippen molar-refractivity contribution >= 4 is 25.6 Å². The molecule has 0 aromatic rings. The summed E-state index contributed by atoms with van der Waals surface area (Å²) in [5.41, 5.74) is 0. The van der Waals surface area contributed by atoms with Crippen LogP contribution in [0.15, 0.2) is 0 Å². The smallest absolute Gasteiger partial charge is 0.306 e. The van der Waals surface area contributed by atoms with Gasteiger partial charge in [-0.2, -0.15) is 0 Å². The summed E-state index contributed by atoms with van der Waals surface area (Å²) in [5.74, 6) is -1.87. The standard InChI is InChI=1S/C54H103N2O17P.H3N/c1-4-7-10-13-16-19-20-23-26-29-32-35-46(61)70-41(34-31-28-25-22-18-15-12-9-6-3)37-45(60)56-48-51(64)52(73-74(66,67)68)42(38-57)72-54(48)69-39-43-49(62)50(63)47(53(65)71-43)55-44(59)36-40(58)33-30-27-24-21-17-14-11-8-5-2;/h40-43,47-54,57-58,62-65H,4-39H2,1-3H3,(H,55,59)(H,56,60)(H2,66,67,68);1H3/t40-,41-,42-,43-,47-,48-,49-,50-,51-,52-,53+,54-;/m1./s1. The summed E-state index contributed by atoms with van der Waals surface area (Å²) in [6.07, 6.45) is 15.9. The lowest BCUT2D eigenvalue weighted by Crippen LogP contribution is -2.67. The Morgan fingerprint density at radius 2 is 1.03 bits per heavy atom. The van der Waals surface area contributed by atoms with Crippen LogP contribution in [-0.4, -0.2) is 140 Å². The highest BCUT2D eigenvalue weighted by Gasteiger charge is 2.50. The first kappa shape index (κ1) is 71.1. The quantitative estimate of drug-likeness (QED) is 0.0162. The van der Waals surface area contributed by atoms with Crippen molar-refractivity contribution in [2.24, 2.45) is 0 Å². The molecule has 0 spiro atoms. The highest BCUT2D eigenvalue weighted by molar-refractivity contribution is 7.44. The van der Waals surface area contributed by atoms with Crippen LogP contribution in [0.3, 0.4) is 0 Å². The Morgan fingerprint density at radius 1 is 0.587 bits per heavy atom. The van der Waals surface area contributed by atoms with Crippen LogP contribution in [0.25, 0.3) is 0 Å². The highest BCUT2D eigenvalue weighted by atomic mass is 31.2. The Hall–Kier alpha value is -1.88. The van der Waals surface area contributed by atoms with Gasteiger partial charge in [0.25, 0.3) is 7.82 Å². The van der Waals surface area contributed by atoms with Crippen molar-refractivity contribution in [1.29, 1.82) is 0 Å². The van der Waals surface area contributed by atoms with Gasteiger partial charge < -0.3 is 80.7 Å². The third-order valence-electron chi connectivity index (χ3n) is 14.3. The van der Waals surface area contributed by atoms with E-state index in [1.165, 1.54) is 103 Å². The molecule has 20 nitrogen and oxygen atoms in total. The number of nitrogens with one attached hydrogen (secondary N) is 2. The fraction of sp³-hybridized carbons (Fsp3) is 0.944. The van der Waals surface area contributed by atoms with Crippen molar-refractivity contribution < 1.29 is 82.8 Å². The maximum atomic E-state index is 13.9. The summed E-state index contributed by atoms with van der Waals surface area (Å²) in [7, 11) is -5.56. The lowest BCUT2D eigenvalue weighted by molar-refractivity contribution is -0.302. The molecule has 2 aliphatic rings. The molecular formula is C54H106N3O17P.